The molecule has 1 atom stereocenters. The monoisotopic (exact) mass is 265 g/mol. The Bertz CT molecular complexity index is 564. The van der Waals surface area contributed by atoms with Crippen molar-refractivity contribution in [3.05, 3.63) is 71.8 Å². The van der Waals surface area contributed by atoms with Crippen LogP contribution in [0.5, 0.6) is 0 Å². The van der Waals surface area contributed by atoms with E-state index in [1.807, 2.05) is 24.3 Å². The molecule has 1 unspecified atom stereocenters. The van der Waals surface area contributed by atoms with Gasteiger partial charge in [-0.15, -0.1) is 0 Å². The maximum Gasteiger partial charge on any atom is 0.142 e. The molecule has 0 amide bonds. The number of rotatable bonds is 3. The van der Waals surface area contributed by atoms with Crippen LogP contribution < -0.4 is 0 Å². The molecule has 102 valence electrons. The van der Waals surface area contributed by atoms with Gasteiger partial charge in [-0.25, -0.2) is 0 Å². The summed E-state index contributed by atoms with van der Waals surface area (Å²) in [6.45, 7) is 2.63. The van der Waals surface area contributed by atoms with Crippen molar-refractivity contribution < 1.29 is 4.79 Å². The van der Waals surface area contributed by atoms with E-state index in [1.165, 1.54) is 5.56 Å². The lowest BCUT2D eigenvalue weighted by atomic mass is 9.89. The normalized spacial score (nSPS) is 20.0. The summed E-state index contributed by atoms with van der Waals surface area (Å²) in [6, 6.07) is 20.6. The smallest absolute Gasteiger partial charge is 0.142 e. The van der Waals surface area contributed by atoms with Crippen LogP contribution >= 0.6 is 0 Å². The summed E-state index contributed by atoms with van der Waals surface area (Å²) in [5, 5.41) is 0. The molecule has 0 N–H and O–H groups in total. The zero-order chi connectivity index (χ0) is 13.8. The van der Waals surface area contributed by atoms with Crippen LogP contribution in [-0.2, 0) is 11.3 Å². The minimum Gasteiger partial charge on any atom is -0.299 e. The topological polar surface area (TPSA) is 20.3 Å². The number of nitrogens with zero attached hydrogens (tertiary/aromatic N) is 1. The van der Waals surface area contributed by atoms with Crippen LogP contribution in [0.4, 0.5) is 0 Å². The van der Waals surface area contributed by atoms with Gasteiger partial charge in [0.05, 0.1) is 5.92 Å². The first-order valence-electron chi connectivity index (χ1n) is 7.17. The number of piperidine rings is 1. The summed E-state index contributed by atoms with van der Waals surface area (Å²) in [5.41, 5.74) is 2.46. The fourth-order valence-corrected chi connectivity index (χ4v) is 2.86. The molecule has 0 aliphatic carbocycles. The minimum absolute atomic E-state index is 0.0358. The van der Waals surface area contributed by atoms with Crippen LogP contribution in [0.15, 0.2) is 60.7 Å². The van der Waals surface area contributed by atoms with E-state index in [0.29, 0.717) is 12.2 Å². The molecule has 1 fully saturated rings. The predicted molar refractivity (Wildman–Crippen MR) is 80.5 cm³/mol. The highest BCUT2D eigenvalue weighted by molar-refractivity contribution is 5.86. The lowest BCUT2D eigenvalue weighted by Crippen LogP contribution is -2.39. The quantitative estimate of drug-likeness (QED) is 0.849. The maximum absolute atomic E-state index is 12.2. The Morgan fingerprint density at radius 3 is 2.30 bits per heavy atom. The first kappa shape index (κ1) is 13.1. The molecule has 1 saturated heterocycles. The molecule has 1 heterocycles. The summed E-state index contributed by atoms with van der Waals surface area (Å²) in [4.78, 5) is 14.5. The van der Waals surface area contributed by atoms with Gasteiger partial charge in [-0.1, -0.05) is 60.7 Å². The maximum atomic E-state index is 12.2. The second-order valence-corrected chi connectivity index (χ2v) is 5.40. The summed E-state index contributed by atoms with van der Waals surface area (Å²) < 4.78 is 0. The van der Waals surface area contributed by atoms with E-state index in [1.54, 1.807) is 0 Å². The zero-order valence-electron chi connectivity index (χ0n) is 11.5. The Labute approximate surface area is 120 Å². The molecule has 0 radical (unpaired) electrons. The number of hydrogen-bond donors (Lipinski definition) is 0. The lowest BCUT2D eigenvalue weighted by Gasteiger charge is -2.32. The molecule has 2 heteroatoms. The van der Waals surface area contributed by atoms with E-state index in [9.17, 15) is 4.79 Å². The molecule has 0 spiro atoms. The number of benzene rings is 2. The standard InChI is InChI=1S/C18H19NO/c20-18-11-12-19(13-15-7-3-1-4-8-15)14-17(18)16-9-5-2-6-10-16/h1-10,17H,11-14H2. The molecule has 0 saturated carbocycles. The first-order chi connectivity index (χ1) is 9.83. The van der Waals surface area contributed by atoms with Gasteiger partial charge in [0.15, 0.2) is 0 Å². The van der Waals surface area contributed by atoms with Gasteiger partial charge in [-0.05, 0) is 11.1 Å². The molecule has 2 aromatic carbocycles. The van der Waals surface area contributed by atoms with Gasteiger partial charge in [-0.2, -0.15) is 0 Å². The van der Waals surface area contributed by atoms with E-state index in [4.69, 9.17) is 0 Å². The third-order valence-electron chi connectivity index (χ3n) is 3.95. The largest absolute Gasteiger partial charge is 0.299 e. The van der Waals surface area contributed by atoms with Gasteiger partial charge in [0.25, 0.3) is 0 Å². The molecule has 2 aromatic rings. The third kappa shape index (κ3) is 2.97. The summed E-state index contributed by atoms with van der Waals surface area (Å²) in [7, 11) is 0. The molecular weight excluding hydrogens is 246 g/mol. The Morgan fingerprint density at radius 1 is 0.950 bits per heavy atom. The second kappa shape index (κ2) is 6.02. The van der Waals surface area contributed by atoms with Gasteiger partial charge in [0, 0.05) is 26.1 Å². The number of Topliss-reactive ketones (excluding diaryl/α,β-unsaturated/α-hetero) is 1. The highest BCUT2D eigenvalue weighted by Gasteiger charge is 2.28. The number of carbonyl (C=O) groups is 1. The van der Waals surface area contributed by atoms with E-state index in [0.717, 1.165) is 25.2 Å². The number of likely N-dealkylation sites (tertiary alicyclic amines) is 1. The van der Waals surface area contributed by atoms with Gasteiger partial charge < -0.3 is 0 Å². The highest BCUT2D eigenvalue weighted by atomic mass is 16.1. The van der Waals surface area contributed by atoms with Crippen LogP contribution in [0.2, 0.25) is 0 Å². The number of ketones is 1. The first-order valence-corrected chi connectivity index (χ1v) is 7.17. The molecule has 1 aliphatic rings. The van der Waals surface area contributed by atoms with Crippen LogP contribution in [0.25, 0.3) is 0 Å². The summed E-state index contributed by atoms with van der Waals surface area (Å²) in [5.74, 6) is 0.411. The van der Waals surface area contributed by atoms with Gasteiger partial charge in [-0.3, -0.25) is 9.69 Å². The van der Waals surface area contributed by atoms with Gasteiger partial charge in [0.2, 0.25) is 0 Å². The van der Waals surface area contributed by atoms with Crippen molar-refractivity contribution in [3.63, 3.8) is 0 Å². The van der Waals surface area contributed by atoms with Crippen LogP contribution in [0.1, 0.15) is 23.5 Å². The van der Waals surface area contributed by atoms with Crippen LogP contribution in [-0.4, -0.2) is 23.8 Å². The van der Waals surface area contributed by atoms with Gasteiger partial charge in [0.1, 0.15) is 5.78 Å². The fourth-order valence-electron chi connectivity index (χ4n) is 2.86. The average molecular weight is 265 g/mol. The Balaban J connectivity index is 1.72. The van der Waals surface area contributed by atoms with Crippen LogP contribution in [0.3, 0.4) is 0 Å². The molecule has 0 aromatic heterocycles. The molecule has 1 aliphatic heterocycles. The van der Waals surface area contributed by atoms with Crippen molar-refractivity contribution in [1.29, 1.82) is 0 Å². The van der Waals surface area contributed by atoms with Crippen molar-refractivity contribution in [2.45, 2.75) is 18.9 Å². The summed E-state index contributed by atoms with van der Waals surface area (Å²) in [6.07, 6.45) is 0.659. The van der Waals surface area contributed by atoms with Crippen molar-refractivity contribution in [3.8, 4) is 0 Å². The third-order valence-corrected chi connectivity index (χ3v) is 3.95. The highest BCUT2D eigenvalue weighted by Crippen LogP contribution is 2.24. The Morgan fingerprint density at radius 2 is 1.60 bits per heavy atom. The Hall–Kier alpha value is -1.93. The van der Waals surface area contributed by atoms with Crippen molar-refractivity contribution >= 4 is 5.78 Å². The SMILES string of the molecule is O=C1CCN(Cc2ccccc2)CC1c1ccccc1. The van der Waals surface area contributed by atoms with E-state index in [2.05, 4.69) is 41.3 Å². The van der Waals surface area contributed by atoms with E-state index in [-0.39, 0.29) is 5.92 Å². The Kier molecular flexibility index (Phi) is 3.93. The van der Waals surface area contributed by atoms with Crippen molar-refractivity contribution in [2.24, 2.45) is 0 Å². The lowest BCUT2D eigenvalue weighted by molar-refractivity contribution is -0.123. The number of hydrogen-bond acceptors (Lipinski definition) is 2. The molecule has 0 bridgehead atoms. The van der Waals surface area contributed by atoms with E-state index >= 15 is 0 Å². The average Bonchev–Trinajstić information content (AvgIpc) is 2.51. The predicted octanol–water partition coefficient (Wildman–Crippen LogP) is 3.25. The van der Waals surface area contributed by atoms with Crippen molar-refractivity contribution in [1.82, 2.24) is 4.90 Å². The van der Waals surface area contributed by atoms with E-state index < -0.39 is 0 Å². The molecule has 20 heavy (non-hydrogen) atoms. The fraction of sp³-hybridized carbons (Fsp3) is 0.278. The molecule has 3 rings (SSSR count). The molecule has 2 nitrogen and oxygen atoms in total. The minimum atomic E-state index is 0.0358. The summed E-state index contributed by atoms with van der Waals surface area (Å²) >= 11 is 0. The molecular formula is C18H19NO. The second-order valence-electron chi connectivity index (χ2n) is 5.40. The zero-order valence-corrected chi connectivity index (χ0v) is 11.5. The van der Waals surface area contributed by atoms with Crippen molar-refractivity contribution in [2.75, 3.05) is 13.1 Å². The van der Waals surface area contributed by atoms with Gasteiger partial charge >= 0.3 is 0 Å². The van der Waals surface area contributed by atoms with Crippen LogP contribution in [0, 0.1) is 0 Å². The number of carbonyl (C=O) groups excluding carboxylic acids is 1.